The summed E-state index contributed by atoms with van der Waals surface area (Å²) in [6.07, 6.45) is 7.06. The fraction of sp³-hybridized carbons (Fsp3) is 0.447. The number of amides is 2. The van der Waals surface area contributed by atoms with Gasteiger partial charge in [0.2, 0.25) is 0 Å². The van der Waals surface area contributed by atoms with Gasteiger partial charge in [0.25, 0.3) is 5.56 Å². The van der Waals surface area contributed by atoms with Gasteiger partial charge in [-0.3, -0.25) is 14.6 Å². The molecule has 3 heterocycles. The van der Waals surface area contributed by atoms with Crippen LogP contribution >= 0.6 is 0 Å². The first-order valence-corrected chi connectivity index (χ1v) is 17.0. The first kappa shape index (κ1) is 33.2. The Morgan fingerprint density at radius 2 is 1.72 bits per heavy atom. The van der Waals surface area contributed by atoms with Crippen molar-refractivity contribution in [1.29, 1.82) is 0 Å². The summed E-state index contributed by atoms with van der Waals surface area (Å²) >= 11 is 0. The standard InChI is InChI=1S/C38H49N5O3/c1-6-7-22-43(38(45)40-34-30(26(2)3)16-12-17-31(34)27(4)5)35-33(32-18-13-19-39-36(32)41-37(35)44)28-14-11-15-29(25-28)46-24-23-42-20-9-8-10-21-42/h11-19,25-27H,6-10,20-24H2,1-5H3,(H,40,45)(H,39,41,44). The number of H-pyrrole nitrogens is 1. The highest BCUT2D eigenvalue weighted by Crippen LogP contribution is 2.37. The summed E-state index contributed by atoms with van der Waals surface area (Å²) in [6.45, 7) is 14.7. The van der Waals surface area contributed by atoms with Crippen LogP contribution < -0.4 is 20.5 Å². The summed E-state index contributed by atoms with van der Waals surface area (Å²) in [5.74, 6) is 1.15. The number of benzene rings is 2. The third kappa shape index (κ3) is 7.61. The van der Waals surface area contributed by atoms with E-state index in [9.17, 15) is 9.59 Å². The topological polar surface area (TPSA) is 90.6 Å². The van der Waals surface area contributed by atoms with Gasteiger partial charge in [0, 0.05) is 35.9 Å². The minimum atomic E-state index is -0.356. The maximum Gasteiger partial charge on any atom is 0.326 e. The van der Waals surface area contributed by atoms with Crippen molar-refractivity contribution < 1.29 is 9.53 Å². The van der Waals surface area contributed by atoms with E-state index in [1.807, 2.05) is 36.4 Å². The van der Waals surface area contributed by atoms with Crippen LogP contribution in [0.3, 0.4) is 0 Å². The number of pyridine rings is 2. The lowest BCUT2D eigenvalue weighted by molar-refractivity contribution is 0.183. The molecule has 2 N–H and O–H groups in total. The second kappa shape index (κ2) is 15.4. The largest absolute Gasteiger partial charge is 0.492 e. The first-order valence-electron chi connectivity index (χ1n) is 17.0. The molecule has 0 aliphatic carbocycles. The highest BCUT2D eigenvalue weighted by atomic mass is 16.5. The van der Waals surface area contributed by atoms with E-state index in [4.69, 9.17) is 4.74 Å². The van der Waals surface area contributed by atoms with E-state index in [0.29, 0.717) is 30.0 Å². The maximum absolute atomic E-state index is 14.4. The molecule has 1 aliphatic heterocycles. The molecule has 0 unspecified atom stereocenters. The molecule has 8 nitrogen and oxygen atoms in total. The molecule has 1 fully saturated rings. The number of ether oxygens (including phenoxy) is 1. The second-order valence-electron chi connectivity index (χ2n) is 12.9. The van der Waals surface area contributed by atoms with Crippen molar-refractivity contribution in [1.82, 2.24) is 14.9 Å². The number of para-hydroxylation sites is 1. The van der Waals surface area contributed by atoms with E-state index in [-0.39, 0.29) is 23.4 Å². The van der Waals surface area contributed by atoms with Crippen molar-refractivity contribution in [3.05, 3.63) is 82.3 Å². The number of urea groups is 1. The molecule has 1 aliphatic rings. The van der Waals surface area contributed by atoms with Crippen LogP contribution in [-0.4, -0.2) is 53.7 Å². The molecule has 1 saturated heterocycles. The minimum absolute atomic E-state index is 0.210. The summed E-state index contributed by atoms with van der Waals surface area (Å²) in [6, 6.07) is 17.5. The van der Waals surface area contributed by atoms with Crippen LogP contribution in [0.1, 0.15) is 89.7 Å². The number of rotatable bonds is 12. The zero-order valence-corrected chi connectivity index (χ0v) is 28.1. The molecule has 0 radical (unpaired) electrons. The van der Waals surface area contributed by atoms with Gasteiger partial charge in [-0.05, 0) is 85.1 Å². The normalized spacial score (nSPS) is 13.8. The van der Waals surface area contributed by atoms with E-state index in [2.05, 4.69) is 73.0 Å². The SMILES string of the molecule is CCCCN(C(=O)Nc1c(C(C)C)cccc1C(C)C)c1c(-c2cccc(OCCN3CCCCC3)c2)c2cccnc2[nH]c1=O. The second-order valence-corrected chi connectivity index (χ2v) is 12.9. The number of hydrogen-bond donors (Lipinski definition) is 2. The van der Waals surface area contributed by atoms with E-state index < -0.39 is 0 Å². The van der Waals surface area contributed by atoms with Gasteiger partial charge in [-0.15, -0.1) is 0 Å². The molecule has 244 valence electrons. The lowest BCUT2D eigenvalue weighted by Gasteiger charge is -2.28. The highest BCUT2D eigenvalue weighted by Gasteiger charge is 2.27. The summed E-state index contributed by atoms with van der Waals surface area (Å²) in [7, 11) is 0. The van der Waals surface area contributed by atoms with Gasteiger partial charge in [0.05, 0.1) is 0 Å². The molecule has 46 heavy (non-hydrogen) atoms. The number of likely N-dealkylation sites (tertiary alicyclic amines) is 1. The van der Waals surface area contributed by atoms with Gasteiger partial charge < -0.3 is 15.0 Å². The number of carbonyl (C=O) groups is 1. The smallest absolute Gasteiger partial charge is 0.326 e. The lowest BCUT2D eigenvalue weighted by Crippen LogP contribution is -2.40. The number of aromatic nitrogens is 2. The monoisotopic (exact) mass is 623 g/mol. The van der Waals surface area contributed by atoms with Crippen LogP contribution in [0.4, 0.5) is 16.2 Å². The van der Waals surface area contributed by atoms with Gasteiger partial charge >= 0.3 is 6.03 Å². The third-order valence-corrected chi connectivity index (χ3v) is 8.86. The van der Waals surface area contributed by atoms with Crippen LogP contribution in [0.15, 0.2) is 65.6 Å². The van der Waals surface area contributed by atoms with Gasteiger partial charge in [0.1, 0.15) is 23.7 Å². The zero-order valence-electron chi connectivity index (χ0n) is 28.1. The summed E-state index contributed by atoms with van der Waals surface area (Å²) in [4.78, 5) is 39.9. The molecule has 5 rings (SSSR count). The number of aromatic amines is 1. The summed E-state index contributed by atoms with van der Waals surface area (Å²) in [5.41, 5.74) is 4.86. The molecule has 0 atom stereocenters. The van der Waals surface area contributed by atoms with Gasteiger partial charge in [-0.25, -0.2) is 9.78 Å². The molecule has 0 bridgehead atoms. The van der Waals surface area contributed by atoms with E-state index in [1.54, 1.807) is 11.1 Å². The fourth-order valence-corrected chi connectivity index (χ4v) is 6.38. The highest BCUT2D eigenvalue weighted by molar-refractivity contribution is 6.09. The van der Waals surface area contributed by atoms with Crippen molar-refractivity contribution >= 4 is 28.4 Å². The molecular formula is C38H49N5O3. The molecular weight excluding hydrogens is 574 g/mol. The molecule has 2 amide bonds. The molecule has 2 aromatic carbocycles. The Morgan fingerprint density at radius 3 is 2.41 bits per heavy atom. The van der Waals surface area contributed by atoms with E-state index >= 15 is 0 Å². The fourth-order valence-electron chi connectivity index (χ4n) is 6.38. The van der Waals surface area contributed by atoms with E-state index in [0.717, 1.165) is 66.0 Å². The van der Waals surface area contributed by atoms with Crippen LogP contribution in [0.25, 0.3) is 22.2 Å². The van der Waals surface area contributed by atoms with Crippen molar-refractivity contribution in [3.63, 3.8) is 0 Å². The number of unbranched alkanes of at least 4 members (excludes halogenated alkanes) is 1. The Morgan fingerprint density at radius 1 is 1.00 bits per heavy atom. The third-order valence-electron chi connectivity index (χ3n) is 8.86. The van der Waals surface area contributed by atoms with Crippen LogP contribution in [0, 0.1) is 0 Å². The summed E-state index contributed by atoms with van der Waals surface area (Å²) in [5, 5.41) is 4.03. The van der Waals surface area contributed by atoms with Gasteiger partial charge in [-0.1, -0.05) is 77.8 Å². The van der Waals surface area contributed by atoms with Gasteiger partial charge in [-0.2, -0.15) is 0 Å². The van der Waals surface area contributed by atoms with Crippen molar-refractivity contribution in [2.45, 2.75) is 78.6 Å². The number of nitrogens with one attached hydrogen (secondary N) is 2. The Bertz CT molecular complexity index is 1660. The van der Waals surface area contributed by atoms with Crippen LogP contribution in [0.5, 0.6) is 5.75 Å². The number of anilines is 2. The average Bonchev–Trinajstić information content (AvgIpc) is 3.05. The van der Waals surface area contributed by atoms with E-state index in [1.165, 1.54) is 19.3 Å². The molecule has 0 saturated carbocycles. The number of carbonyl (C=O) groups excluding carboxylic acids is 1. The first-order chi connectivity index (χ1) is 22.3. The predicted molar refractivity (Wildman–Crippen MR) is 189 cm³/mol. The van der Waals surface area contributed by atoms with Crippen molar-refractivity contribution in [3.8, 4) is 16.9 Å². The lowest BCUT2D eigenvalue weighted by atomic mass is 9.92. The minimum Gasteiger partial charge on any atom is -0.492 e. The Labute approximate surface area is 273 Å². The van der Waals surface area contributed by atoms with Crippen molar-refractivity contribution in [2.24, 2.45) is 0 Å². The number of piperidine rings is 1. The number of nitrogens with zero attached hydrogens (tertiary/aromatic N) is 3. The van der Waals surface area contributed by atoms with Crippen LogP contribution in [0.2, 0.25) is 0 Å². The maximum atomic E-state index is 14.4. The Hall–Kier alpha value is -4.17. The molecule has 2 aromatic heterocycles. The number of fused-ring (bicyclic) bond motifs is 1. The molecule has 0 spiro atoms. The molecule has 8 heteroatoms. The zero-order chi connectivity index (χ0) is 32.6. The summed E-state index contributed by atoms with van der Waals surface area (Å²) < 4.78 is 6.24. The van der Waals surface area contributed by atoms with Crippen molar-refractivity contribution in [2.75, 3.05) is 43.0 Å². The Balaban J connectivity index is 1.57. The predicted octanol–water partition coefficient (Wildman–Crippen LogP) is 8.54. The molecule has 4 aromatic rings. The van der Waals surface area contributed by atoms with Gasteiger partial charge in [0.15, 0.2) is 0 Å². The van der Waals surface area contributed by atoms with Crippen LogP contribution in [-0.2, 0) is 0 Å². The quantitative estimate of drug-likeness (QED) is 0.165. The Kier molecular flexibility index (Phi) is 11.1. The number of hydrogen-bond acceptors (Lipinski definition) is 5. The average molecular weight is 624 g/mol.